The zero-order valence-corrected chi connectivity index (χ0v) is 12.6. The number of carbonyl (C=O) groups is 2. The molecule has 1 N–H and O–H groups in total. The molecule has 0 saturated carbocycles. The fourth-order valence-corrected chi connectivity index (χ4v) is 1.84. The molecule has 0 aromatic heterocycles. The van der Waals surface area contributed by atoms with Crippen molar-refractivity contribution in [3.63, 3.8) is 0 Å². The first-order valence-corrected chi connectivity index (χ1v) is 6.66. The number of halogens is 2. The van der Waals surface area contributed by atoms with E-state index in [4.69, 9.17) is 33.0 Å². The molecule has 0 aliphatic heterocycles. The molecule has 7 heteroatoms. The first-order valence-electron chi connectivity index (χ1n) is 5.90. The molecule has 110 valence electrons. The van der Waals surface area contributed by atoms with Crippen LogP contribution in [0, 0.1) is 0 Å². The number of benzene rings is 1. The molecule has 1 aromatic rings. The van der Waals surface area contributed by atoms with Crippen LogP contribution in [0.4, 0.5) is 0 Å². The Hall–Kier alpha value is -1.46. The molecule has 0 radical (unpaired) electrons. The van der Waals surface area contributed by atoms with E-state index in [1.807, 2.05) is 0 Å². The molecule has 0 fully saturated rings. The van der Waals surface area contributed by atoms with E-state index in [2.05, 4.69) is 0 Å². The Morgan fingerprint density at radius 1 is 1.40 bits per heavy atom. The van der Waals surface area contributed by atoms with E-state index in [-0.39, 0.29) is 23.9 Å². The van der Waals surface area contributed by atoms with E-state index >= 15 is 0 Å². The quantitative estimate of drug-likeness (QED) is 0.875. The van der Waals surface area contributed by atoms with Crippen molar-refractivity contribution in [2.75, 3.05) is 13.6 Å². The SMILES string of the molecule is CC(Oc1cccc(Cl)c1Cl)C(=O)N(C)CCC(=O)O. The Morgan fingerprint density at radius 2 is 2.05 bits per heavy atom. The predicted octanol–water partition coefficient (Wildman–Crippen LogP) is 2.69. The largest absolute Gasteiger partial charge is 0.481 e. The Bertz CT molecular complexity index is 507. The Labute approximate surface area is 127 Å². The standard InChI is InChI=1S/C13H15Cl2NO4/c1-8(13(19)16(2)7-6-11(17)18)20-10-5-3-4-9(14)12(10)15/h3-5,8H,6-7H2,1-2H3,(H,17,18). The van der Waals surface area contributed by atoms with E-state index in [0.717, 1.165) is 0 Å². The Morgan fingerprint density at radius 3 is 2.65 bits per heavy atom. The highest BCUT2D eigenvalue weighted by Crippen LogP contribution is 2.32. The van der Waals surface area contributed by atoms with Crippen molar-refractivity contribution in [2.45, 2.75) is 19.4 Å². The van der Waals surface area contributed by atoms with Crippen LogP contribution in [-0.4, -0.2) is 41.6 Å². The average Bonchev–Trinajstić information content (AvgIpc) is 2.40. The fourth-order valence-electron chi connectivity index (χ4n) is 1.50. The van der Waals surface area contributed by atoms with Crippen LogP contribution in [0.3, 0.4) is 0 Å². The highest BCUT2D eigenvalue weighted by Gasteiger charge is 2.21. The summed E-state index contributed by atoms with van der Waals surface area (Å²) in [5, 5.41) is 9.16. The molecule has 0 heterocycles. The zero-order valence-electron chi connectivity index (χ0n) is 11.1. The Kier molecular flexibility index (Phi) is 6.10. The van der Waals surface area contributed by atoms with Gasteiger partial charge < -0.3 is 14.7 Å². The highest BCUT2D eigenvalue weighted by molar-refractivity contribution is 6.42. The van der Waals surface area contributed by atoms with Crippen LogP contribution in [0.2, 0.25) is 10.0 Å². The van der Waals surface area contributed by atoms with Crippen LogP contribution in [-0.2, 0) is 9.59 Å². The highest BCUT2D eigenvalue weighted by atomic mass is 35.5. The molecule has 0 saturated heterocycles. The molecule has 20 heavy (non-hydrogen) atoms. The van der Waals surface area contributed by atoms with Crippen molar-refractivity contribution in [1.82, 2.24) is 4.90 Å². The second-order valence-corrected chi connectivity index (χ2v) is 5.00. The van der Waals surface area contributed by atoms with Crippen molar-refractivity contribution in [3.05, 3.63) is 28.2 Å². The molecular formula is C13H15Cl2NO4. The van der Waals surface area contributed by atoms with E-state index in [0.29, 0.717) is 10.8 Å². The summed E-state index contributed by atoms with van der Waals surface area (Å²) in [5.74, 6) is -0.981. The summed E-state index contributed by atoms with van der Waals surface area (Å²) in [6, 6.07) is 4.88. The van der Waals surface area contributed by atoms with Gasteiger partial charge in [-0.15, -0.1) is 0 Å². The van der Waals surface area contributed by atoms with Crippen LogP contribution in [0.15, 0.2) is 18.2 Å². The van der Waals surface area contributed by atoms with Crippen LogP contribution >= 0.6 is 23.2 Å². The minimum absolute atomic E-state index is 0.116. The number of ether oxygens (including phenoxy) is 1. The lowest BCUT2D eigenvalue weighted by Crippen LogP contribution is -2.39. The summed E-state index contributed by atoms with van der Waals surface area (Å²) in [4.78, 5) is 23.8. The molecule has 1 aromatic carbocycles. The van der Waals surface area contributed by atoms with Gasteiger partial charge in [-0.2, -0.15) is 0 Å². The molecule has 0 aliphatic carbocycles. The number of hydrogen-bond acceptors (Lipinski definition) is 3. The fraction of sp³-hybridized carbons (Fsp3) is 0.385. The van der Waals surface area contributed by atoms with Gasteiger partial charge in [-0.05, 0) is 19.1 Å². The number of aliphatic carboxylic acids is 1. The maximum Gasteiger partial charge on any atom is 0.305 e. The summed E-state index contributed by atoms with van der Waals surface area (Å²) in [6.07, 6.45) is -0.905. The number of amides is 1. The van der Waals surface area contributed by atoms with Gasteiger partial charge in [0.05, 0.1) is 11.4 Å². The van der Waals surface area contributed by atoms with E-state index in [9.17, 15) is 9.59 Å². The van der Waals surface area contributed by atoms with Crippen molar-refractivity contribution in [2.24, 2.45) is 0 Å². The summed E-state index contributed by atoms with van der Waals surface area (Å²) in [7, 11) is 1.52. The molecule has 1 rings (SSSR count). The third-order valence-corrected chi connectivity index (χ3v) is 3.41. The second-order valence-electron chi connectivity index (χ2n) is 4.22. The minimum atomic E-state index is -0.962. The number of rotatable bonds is 6. The number of carbonyl (C=O) groups excluding carboxylic acids is 1. The number of carboxylic acids is 1. The molecule has 5 nitrogen and oxygen atoms in total. The number of nitrogens with zero attached hydrogens (tertiary/aromatic N) is 1. The van der Waals surface area contributed by atoms with Gasteiger partial charge in [0.2, 0.25) is 0 Å². The Balaban J connectivity index is 2.65. The lowest BCUT2D eigenvalue weighted by atomic mass is 10.3. The van der Waals surface area contributed by atoms with Gasteiger partial charge in [-0.25, -0.2) is 0 Å². The van der Waals surface area contributed by atoms with Gasteiger partial charge in [0.1, 0.15) is 10.8 Å². The van der Waals surface area contributed by atoms with E-state index < -0.39 is 12.1 Å². The predicted molar refractivity (Wildman–Crippen MR) is 76.4 cm³/mol. The van der Waals surface area contributed by atoms with E-state index in [1.54, 1.807) is 25.1 Å². The third-order valence-electron chi connectivity index (χ3n) is 2.60. The lowest BCUT2D eigenvalue weighted by molar-refractivity contribution is -0.140. The summed E-state index contributed by atoms with van der Waals surface area (Å²) >= 11 is 11.8. The smallest absolute Gasteiger partial charge is 0.305 e. The van der Waals surface area contributed by atoms with Crippen molar-refractivity contribution < 1.29 is 19.4 Å². The lowest BCUT2D eigenvalue weighted by Gasteiger charge is -2.22. The average molecular weight is 320 g/mol. The number of likely N-dealkylation sites (N-methyl/N-ethyl adjacent to an activating group) is 1. The molecule has 0 aliphatic rings. The molecule has 1 unspecified atom stereocenters. The van der Waals surface area contributed by atoms with Crippen molar-refractivity contribution >= 4 is 35.1 Å². The first kappa shape index (κ1) is 16.6. The third kappa shape index (κ3) is 4.58. The molecule has 0 spiro atoms. The summed E-state index contributed by atoms with van der Waals surface area (Å²) in [6.45, 7) is 1.68. The molecular weight excluding hydrogens is 305 g/mol. The maximum absolute atomic E-state index is 12.0. The van der Waals surface area contributed by atoms with Gasteiger partial charge in [-0.3, -0.25) is 9.59 Å². The van der Waals surface area contributed by atoms with Crippen molar-refractivity contribution in [1.29, 1.82) is 0 Å². The second kappa shape index (κ2) is 7.36. The van der Waals surface area contributed by atoms with Gasteiger partial charge >= 0.3 is 5.97 Å². The van der Waals surface area contributed by atoms with Crippen LogP contribution in [0.25, 0.3) is 0 Å². The summed E-state index contributed by atoms with van der Waals surface area (Å²) < 4.78 is 5.46. The molecule has 1 atom stereocenters. The molecule has 1 amide bonds. The van der Waals surface area contributed by atoms with Gasteiger partial charge in [0, 0.05) is 13.6 Å². The van der Waals surface area contributed by atoms with Crippen LogP contribution < -0.4 is 4.74 Å². The van der Waals surface area contributed by atoms with E-state index in [1.165, 1.54) is 11.9 Å². The monoisotopic (exact) mass is 319 g/mol. The van der Waals surface area contributed by atoms with Gasteiger partial charge in [0.15, 0.2) is 6.10 Å². The first-order chi connectivity index (χ1) is 9.32. The maximum atomic E-state index is 12.0. The van der Waals surface area contributed by atoms with Crippen LogP contribution in [0.1, 0.15) is 13.3 Å². The van der Waals surface area contributed by atoms with Gasteiger partial charge in [0.25, 0.3) is 5.91 Å². The topological polar surface area (TPSA) is 66.8 Å². The van der Waals surface area contributed by atoms with Crippen LogP contribution in [0.5, 0.6) is 5.75 Å². The van der Waals surface area contributed by atoms with Crippen molar-refractivity contribution in [3.8, 4) is 5.75 Å². The number of hydrogen-bond donors (Lipinski definition) is 1. The summed E-state index contributed by atoms with van der Waals surface area (Å²) in [5.41, 5.74) is 0. The zero-order chi connectivity index (χ0) is 15.3. The van der Waals surface area contributed by atoms with Gasteiger partial charge in [-0.1, -0.05) is 29.3 Å². The molecule has 0 bridgehead atoms. The minimum Gasteiger partial charge on any atom is -0.481 e. The normalized spacial score (nSPS) is 11.8. The number of carboxylic acid groups (broad SMARTS) is 1.